The number of anilines is 1. The summed E-state index contributed by atoms with van der Waals surface area (Å²) in [4.78, 5) is 31.2. The Morgan fingerprint density at radius 3 is 2.68 bits per heavy atom. The molecule has 0 radical (unpaired) electrons. The fourth-order valence-electron chi connectivity index (χ4n) is 1.16. The number of nitro benzene ring substituents is 1. The van der Waals surface area contributed by atoms with Crippen LogP contribution in [0, 0.1) is 15.9 Å². The smallest absolute Gasteiger partial charge is 0.313 e. The van der Waals surface area contributed by atoms with E-state index >= 15 is 0 Å². The molecule has 0 atom stereocenters. The largest absolute Gasteiger partial charge is 0.481 e. The van der Waals surface area contributed by atoms with Gasteiger partial charge in [-0.05, 0) is 12.1 Å². The standard InChI is InChI=1S/C10H9FN2O5S/c11-7-2-1-6(3-8(7)13(17)18)12-9(14)4-19-5-10(15)16/h1-3H,4-5H2,(H,12,14)(H,15,16). The van der Waals surface area contributed by atoms with Crippen LogP contribution in [-0.4, -0.2) is 33.4 Å². The molecule has 0 saturated carbocycles. The molecule has 7 nitrogen and oxygen atoms in total. The predicted octanol–water partition coefficient (Wildman–Crippen LogP) is 1.49. The van der Waals surface area contributed by atoms with E-state index in [9.17, 15) is 24.1 Å². The van der Waals surface area contributed by atoms with Gasteiger partial charge in [0.2, 0.25) is 11.7 Å². The van der Waals surface area contributed by atoms with Crippen molar-refractivity contribution in [3.8, 4) is 0 Å². The van der Waals surface area contributed by atoms with Crippen molar-refractivity contribution in [2.75, 3.05) is 16.8 Å². The molecule has 1 rings (SSSR count). The first kappa shape index (κ1) is 14.9. The zero-order valence-electron chi connectivity index (χ0n) is 9.46. The number of hydrogen-bond donors (Lipinski definition) is 2. The highest BCUT2D eigenvalue weighted by molar-refractivity contribution is 8.00. The second-order valence-electron chi connectivity index (χ2n) is 3.36. The lowest BCUT2D eigenvalue weighted by Crippen LogP contribution is -2.15. The Bertz CT molecular complexity index is 523. The van der Waals surface area contributed by atoms with Gasteiger partial charge in [0, 0.05) is 11.8 Å². The molecule has 0 heterocycles. The Balaban J connectivity index is 2.62. The van der Waals surface area contributed by atoms with E-state index in [1.807, 2.05) is 0 Å². The molecule has 0 saturated heterocycles. The number of carbonyl (C=O) groups is 2. The molecule has 0 unspecified atom stereocenters. The fourth-order valence-corrected chi connectivity index (χ4v) is 1.69. The third kappa shape index (κ3) is 4.92. The van der Waals surface area contributed by atoms with Crippen molar-refractivity contribution in [1.29, 1.82) is 0 Å². The molecule has 0 spiro atoms. The number of carboxylic acid groups (broad SMARTS) is 1. The maximum atomic E-state index is 13.0. The van der Waals surface area contributed by atoms with Gasteiger partial charge in [0.05, 0.1) is 16.4 Å². The van der Waals surface area contributed by atoms with Crippen LogP contribution >= 0.6 is 11.8 Å². The van der Waals surface area contributed by atoms with E-state index in [1.165, 1.54) is 6.07 Å². The normalized spacial score (nSPS) is 9.95. The minimum Gasteiger partial charge on any atom is -0.481 e. The Labute approximate surface area is 110 Å². The first-order valence-corrected chi connectivity index (χ1v) is 6.09. The summed E-state index contributed by atoms with van der Waals surface area (Å²) >= 11 is 0.883. The maximum Gasteiger partial charge on any atom is 0.313 e. The minimum absolute atomic E-state index is 0.0778. The lowest BCUT2D eigenvalue weighted by molar-refractivity contribution is -0.387. The maximum absolute atomic E-state index is 13.0. The number of benzene rings is 1. The van der Waals surface area contributed by atoms with Crippen molar-refractivity contribution in [1.82, 2.24) is 0 Å². The Morgan fingerprint density at radius 1 is 1.42 bits per heavy atom. The van der Waals surface area contributed by atoms with Gasteiger partial charge in [0.25, 0.3) is 0 Å². The average Bonchev–Trinajstić information content (AvgIpc) is 2.30. The Kier molecular flexibility index (Phi) is 5.24. The molecule has 9 heteroatoms. The first-order chi connectivity index (χ1) is 8.90. The van der Waals surface area contributed by atoms with E-state index in [1.54, 1.807) is 0 Å². The van der Waals surface area contributed by atoms with E-state index in [4.69, 9.17) is 5.11 Å². The van der Waals surface area contributed by atoms with Crippen LogP contribution in [0.3, 0.4) is 0 Å². The number of aliphatic carboxylic acids is 1. The first-order valence-electron chi connectivity index (χ1n) is 4.93. The highest BCUT2D eigenvalue weighted by Crippen LogP contribution is 2.21. The number of nitro groups is 1. The Hall–Kier alpha value is -2.16. The summed E-state index contributed by atoms with van der Waals surface area (Å²) in [5, 5.41) is 21.2. The topological polar surface area (TPSA) is 110 Å². The van der Waals surface area contributed by atoms with Gasteiger partial charge in [-0.2, -0.15) is 4.39 Å². The summed E-state index contributed by atoms with van der Waals surface area (Å²) in [6, 6.07) is 2.95. The summed E-state index contributed by atoms with van der Waals surface area (Å²) in [7, 11) is 0. The van der Waals surface area contributed by atoms with Crippen molar-refractivity contribution in [2.45, 2.75) is 0 Å². The van der Waals surface area contributed by atoms with E-state index in [-0.39, 0.29) is 17.2 Å². The number of thioether (sulfide) groups is 1. The van der Waals surface area contributed by atoms with E-state index in [2.05, 4.69) is 5.32 Å². The minimum atomic E-state index is -1.05. The van der Waals surface area contributed by atoms with Crippen LogP contribution in [0.25, 0.3) is 0 Å². The summed E-state index contributed by atoms with van der Waals surface area (Å²) in [5.74, 6) is -2.90. The van der Waals surface area contributed by atoms with Crippen LogP contribution in [-0.2, 0) is 9.59 Å². The SMILES string of the molecule is O=C(O)CSCC(=O)Nc1ccc(F)c([N+](=O)[O-])c1. The molecule has 0 aliphatic carbocycles. The number of nitrogens with one attached hydrogen (secondary N) is 1. The Morgan fingerprint density at radius 2 is 2.11 bits per heavy atom. The molecular weight excluding hydrogens is 279 g/mol. The van der Waals surface area contributed by atoms with Crippen LogP contribution in [0.15, 0.2) is 18.2 Å². The number of amides is 1. The molecule has 1 aromatic carbocycles. The lowest BCUT2D eigenvalue weighted by Gasteiger charge is -2.04. The number of carboxylic acids is 1. The van der Waals surface area contributed by atoms with E-state index in [0.717, 1.165) is 23.9 Å². The summed E-state index contributed by atoms with van der Waals surface area (Å²) in [6.45, 7) is 0. The molecule has 0 fully saturated rings. The van der Waals surface area contributed by atoms with Gasteiger partial charge in [-0.25, -0.2) is 0 Å². The molecule has 0 aliphatic rings. The van der Waals surface area contributed by atoms with Gasteiger partial charge >= 0.3 is 11.7 Å². The lowest BCUT2D eigenvalue weighted by atomic mass is 10.2. The molecule has 0 bridgehead atoms. The fraction of sp³-hybridized carbons (Fsp3) is 0.200. The van der Waals surface area contributed by atoms with Crippen molar-refractivity contribution < 1.29 is 24.0 Å². The van der Waals surface area contributed by atoms with Crippen molar-refractivity contribution in [3.05, 3.63) is 34.1 Å². The van der Waals surface area contributed by atoms with Crippen LogP contribution < -0.4 is 5.32 Å². The number of halogens is 1. The second kappa shape index (κ2) is 6.69. The van der Waals surface area contributed by atoms with Crippen molar-refractivity contribution in [3.63, 3.8) is 0 Å². The predicted molar refractivity (Wildman–Crippen MR) is 66.6 cm³/mol. The number of hydrogen-bond acceptors (Lipinski definition) is 5. The van der Waals surface area contributed by atoms with Gasteiger partial charge in [-0.3, -0.25) is 19.7 Å². The summed E-state index contributed by atoms with van der Waals surface area (Å²) in [6.07, 6.45) is 0. The zero-order valence-corrected chi connectivity index (χ0v) is 10.3. The molecule has 0 aromatic heterocycles. The highest BCUT2D eigenvalue weighted by Gasteiger charge is 2.15. The van der Waals surface area contributed by atoms with Gasteiger partial charge in [-0.15, -0.1) is 11.8 Å². The highest BCUT2D eigenvalue weighted by atomic mass is 32.2. The molecule has 1 amide bonds. The second-order valence-corrected chi connectivity index (χ2v) is 4.34. The van der Waals surface area contributed by atoms with Crippen molar-refractivity contribution >= 4 is 35.0 Å². The zero-order chi connectivity index (χ0) is 14.4. The molecule has 102 valence electrons. The van der Waals surface area contributed by atoms with Crippen LogP contribution in [0.5, 0.6) is 0 Å². The van der Waals surface area contributed by atoms with Gasteiger partial charge in [0.15, 0.2) is 0 Å². The van der Waals surface area contributed by atoms with Crippen LogP contribution in [0.1, 0.15) is 0 Å². The van der Waals surface area contributed by atoms with E-state index < -0.39 is 28.3 Å². The van der Waals surface area contributed by atoms with Gasteiger partial charge in [0.1, 0.15) is 0 Å². The van der Waals surface area contributed by atoms with Crippen LogP contribution in [0.4, 0.5) is 15.8 Å². The molecule has 2 N–H and O–H groups in total. The average molecular weight is 288 g/mol. The molecule has 0 aliphatic heterocycles. The summed E-state index contributed by atoms with van der Waals surface area (Å²) < 4.78 is 13.0. The summed E-state index contributed by atoms with van der Waals surface area (Å²) in [5.41, 5.74) is -0.662. The quantitative estimate of drug-likeness (QED) is 0.606. The number of carbonyl (C=O) groups excluding carboxylic acids is 1. The molecule has 1 aromatic rings. The van der Waals surface area contributed by atoms with Gasteiger partial charge in [-0.1, -0.05) is 0 Å². The molecular formula is C10H9FN2O5S. The molecule has 19 heavy (non-hydrogen) atoms. The van der Waals surface area contributed by atoms with E-state index in [0.29, 0.717) is 0 Å². The third-order valence-electron chi connectivity index (χ3n) is 1.89. The monoisotopic (exact) mass is 288 g/mol. The number of nitrogens with zero attached hydrogens (tertiary/aromatic N) is 1. The third-order valence-corrected chi connectivity index (χ3v) is 2.80. The number of rotatable bonds is 6. The van der Waals surface area contributed by atoms with Gasteiger partial charge < -0.3 is 10.4 Å². The van der Waals surface area contributed by atoms with Crippen LogP contribution in [0.2, 0.25) is 0 Å². The van der Waals surface area contributed by atoms with Crippen molar-refractivity contribution in [2.24, 2.45) is 0 Å².